The Balaban J connectivity index is 1.39. The summed E-state index contributed by atoms with van der Waals surface area (Å²) < 4.78 is 5.36. The summed E-state index contributed by atoms with van der Waals surface area (Å²) in [5, 5.41) is 7.68. The Morgan fingerprint density at radius 2 is 1.79 bits per heavy atom. The van der Waals surface area contributed by atoms with E-state index in [2.05, 4.69) is 15.6 Å². The lowest BCUT2D eigenvalue weighted by Crippen LogP contribution is -2.53. The zero-order chi connectivity index (χ0) is 27.1. The van der Waals surface area contributed by atoms with E-state index < -0.39 is 23.4 Å². The smallest absolute Gasteiger partial charge is 0.250 e. The van der Waals surface area contributed by atoms with Crippen LogP contribution in [0.2, 0.25) is 0 Å². The third-order valence-corrected chi connectivity index (χ3v) is 8.85. The van der Waals surface area contributed by atoms with Gasteiger partial charge in [0.1, 0.15) is 11.3 Å². The molecule has 7 rings (SSSR count). The van der Waals surface area contributed by atoms with Gasteiger partial charge in [-0.3, -0.25) is 19.7 Å². The van der Waals surface area contributed by atoms with E-state index in [0.29, 0.717) is 17.9 Å². The summed E-state index contributed by atoms with van der Waals surface area (Å²) in [4.78, 5) is 46.9. The zero-order valence-corrected chi connectivity index (χ0v) is 21.9. The van der Waals surface area contributed by atoms with Crippen molar-refractivity contribution in [1.29, 1.82) is 0 Å². The normalized spacial score (nSPS) is 25.5. The van der Waals surface area contributed by atoms with Crippen molar-refractivity contribution in [1.82, 2.24) is 10.3 Å². The van der Waals surface area contributed by atoms with E-state index in [9.17, 15) is 14.4 Å². The minimum absolute atomic E-state index is 0.295. The van der Waals surface area contributed by atoms with E-state index in [1.54, 1.807) is 31.4 Å². The molecule has 4 atom stereocenters. The van der Waals surface area contributed by atoms with Gasteiger partial charge >= 0.3 is 0 Å². The molecule has 2 fully saturated rings. The highest BCUT2D eigenvalue weighted by Gasteiger charge is 2.70. The maximum Gasteiger partial charge on any atom is 0.250 e. The first-order chi connectivity index (χ1) is 18.8. The van der Waals surface area contributed by atoms with Crippen molar-refractivity contribution in [2.45, 2.75) is 31.8 Å². The minimum Gasteiger partial charge on any atom is -0.497 e. The van der Waals surface area contributed by atoms with Crippen LogP contribution in [0.3, 0.4) is 0 Å². The van der Waals surface area contributed by atoms with Gasteiger partial charge in [0.05, 0.1) is 24.6 Å². The molecule has 3 aliphatic heterocycles. The van der Waals surface area contributed by atoms with Gasteiger partial charge in [0.25, 0.3) is 0 Å². The van der Waals surface area contributed by atoms with Gasteiger partial charge in [-0.15, -0.1) is 0 Å². The quantitative estimate of drug-likeness (QED) is 0.354. The molecule has 8 nitrogen and oxygen atoms in total. The highest BCUT2D eigenvalue weighted by molar-refractivity contribution is 6.26. The first-order valence-corrected chi connectivity index (χ1v) is 13.1. The third kappa shape index (κ3) is 3.12. The number of ether oxygens (including phenoxy) is 1. The number of fused-ring (bicyclic) bond motifs is 5. The van der Waals surface area contributed by atoms with Crippen LogP contribution >= 0.6 is 0 Å². The van der Waals surface area contributed by atoms with Crippen LogP contribution in [0.4, 0.5) is 11.4 Å². The summed E-state index contributed by atoms with van der Waals surface area (Å²) in [6.07, 6.45) is 2.43. The molecule has 8 heteroatoms. The molecule has 0 saturated carbocycles. The maximum absolute atomic E-state index is 14.3. The van der Waals surface area contributed by atoms with Crippen LogP contribution in [0.5, 0.6) is 5.75 Å². The Hall–Kier alpha value is -4.43. The van der Waals surface area contributed by atoms with E-state index in [4.69, 9.17) is 4.74 Å². The number of aromatic nitrogens is 1. The monoisotopic (exact) mass is 520 g/mol. The molecule has 1 spiro atoms. The second-order valence-electron chi connectivity index (χ2n) is 10.7. The maximum atomic E-state index is 14.3. The minimum atomic E-state index is -1.35. The molecule has 0 radical (unpaired) electrons. The Morgan fingerprint density at radius 3 is 2.62 bits per heavy atom. The summed E-state index contributed by atoms with van der Waals surface area (Å²) in [7, 11) is 1.54. The van der Waals surface area contributed by atoms with Gasteiger partial charge in [-0.05, 0) is 55.2 Å². The summed E-state index contributed by atoms with van der Waals surface area (Å²) in [6.45, 7) is 3.96. The molecule has 196 valence electrons. The number of carbonyl (C=O) groups is 3. The topological polar surface area (TPSA) is 104 Å². The van der Waals surface area contributed by atoms with Crippen LogP contribution in [0.15, 0.2) is 66.9 Å². The molecule has 39 heavy (non-hydrogen) atoms. The van der Waals surface area contributed by atoms with Crippen molar-refractivity contribution in [3.8, 4) is 5.75 Å². The molecule has 0 bridgehead atoms. The number of rotatable bonds is 4. The van der Waals surface area contributed by atoms with Crippen molar-refractivity contribution in [2.75, 3.05) is 17.3 Å². The van der Waals surface area contributed by atoms with Crippen molar-refractivity contribution < 1.29 is 19.1 Å². The first kappa shape index (κ1) is 23.7. The van der Waals surface area contributed by atoms with Crippen molar-refractivity contribution in [2.24, 2.45) is 11.8 Å². The number of nitrogens with zero attached hydrogens (tertiary/aromatic N) is 1. The SMILES string of the molecule is COc1cccc(N2C(=O)[C@@H]3C(Cc4c[nH]c5ccccc45)NC4(C(=O)Nc5c4ccc(C)c5C)[C@@H]3C2=O)c1. The number of amides is 3. The number of imide groups is 1. The molecule has 3 N–H and O–H groups in total. The Kier molecular flexibility index (Phi) is 5.03. The van der Waals surface area contributed by atoms with Crippen molar-refractivity contribution >= 4 is 40.0 Å². The highest BCUT2D eigenvalue weighted by atomic mass is 16.5. The van der Waals surface area contributed by atoms with E-state index in [1.807, 2.05) is 56.4 Å². The molecular weight excluding hydrogens is 492 g/mol. The number of anilines is 2. The molecule has 4 heterocycles. The molecule has 2 saturated heterocycles. The second kappa shape index (κ2) is 8.28. The molecule has 2 unspecified atom stereocenters. The number of aryl methyl sites for hydroxylation is 1. The fourth-order valence-electron chi connectivity index (χ4n) is 6.84. The van der Waals surface area contributed by atoms with Crippen molar-refractivity contribution in [3.63, 3.8) is 0 Å². The van der Waals surface area contributed by atoms with E-state index in [-0.39, 0.29) is 17.7 Å². The molecule has 1 aromatic heterocycles. The van der Waals surface area contributed by atoms with Crippen LogP contribution < -0.4 is 20.3 Å². The van der Waals surface area contributed by atoms with Crippen LogP contribution in [0, 0.1) is 25.7 Å². The third-order valence-electron chi connectivity index (χ3n) is 8.85. The summed E-state index contributed by atoms with van der Waals surface area (Å²) in [6, 6.07) is 18.4. The zero-order valence-electron chi connectivity index (χ0n) is 21.9. The predicted octanol–water partition coefficient (Wildman–Crippen LogP) is 3.96. The van der Waals surface area contributed by atoms with Crippen molar-refractivity contribution in [3.05, 3.63) is 89.1 Å². The van der Waals surface area contributed by atoms with E-state index >= 15 is 0 Å². The molecule has 3 aromatic carbocycles. The van der Waals surface area contributed by atoms with Crippen LogP contribution in [0.1, 0.15) is 22.3 Å². The lowest BCUT2D eigenvalue weighted by Gasteiger charge is -2.29. The van der Waals surface area contributed by atoms with E-state index in [0.717, 1.165) is 38.8 Å². The molecule has 3 aliphatic rings. The molecule has 3 amide bonds. The van der Waals surface area contributed by atoms with Gasteiger partial charge in [-0.1, -0.05) is 36.4 Å². The number of hydrogen-bond donors (Lipinski definition) is 3. The van der Waals surface area contributed by atoms with Gasteiger partial charge in [0.15, 0.2) is 0 Å². The van der Waals surface area contributed by atoms with Gasteiger partial charge in [-0.25, -0.2) is 4.90 Å². The number of carbonyl (C=O) groups excluding carboxylic acids is 3. The van der Waals surface area contributed by atoms with Crippen LogP contribution in [-0.4, -0.2) is 35.9 Å². The Labute approximate surface area is 225 Å². The summed E-state index contributed by atoms with van der Waals surface area (Å²) >= 11 is 0. The van der Waals surface area contributed by atoms with Crippen LogP contribution in [-0.2, 0) is 26.3 Å². The Bertz CT molecular complexity index is 1710. The fraction of sp³-hybridized carbons (Fsp3) is 0.258. The predicted molar refractivity (Wildman–Crippen MR) is 148 cm³/mol. The van der Waals surface area contributed by atoms with Gasteiger partial charge in [-0.2, -0.15) is 0 Å². The highest BCUT2D eigenvalue weighted by Crippen LogP contribution is 2.55. The number of H-pyrrole nitrogens is 1. The number of methoxy groups -OCH3 is 1. The van der Waals surface area contributed by atoms with E-state index in [1.165, 1.54) is 4.90 Å². The number of aromatic amines is 1. The fourth-order valence-corrected chi connectivity index (χ4v) is 6.84. The average molecular weight is 521 g/mol. The first-order valence-electron chi connectivity index (χ1n) is 13.1. The van der Waals surface area contributed by atoms with Crippen LogP contribution in [0.25, 0.3) is 10.9 Å². The molecular formula is C31H28N4O4. The number of para-hydroxylation sites is 1. The largest absolute Gasteiger partial charge is 0.497 e. The lowest BCUT2D eigenvalue weighted by atomic mass is 9.75. The lowest BCUT2D eigenvalue weighted by molar-refractivity contribution is -0.130. The average Bonchev–Trinajstić information content (AvgIpc) is 3.65. The van der Waals surface area contributed by atoms with Gasteiger partial charge in [0, 0.05) is 40.5 Å². The summed E-state index contributed by atoms with van der Waals surface area (Å²) in [5.41, 5.74) is 4.56. The molecule has 0 aliphatic carbocycles. The second-order valence-corrected chi connectivity index (χ2v) is 10.7. The molecule has 4 aromatic rings. The number of benzene rings is 3. The van der Waals surface area contributed by atoms with Gasteiger partial charge < -0.3 is 15.0 Å². The standard InChI is InChI=1S/C31H28N4O4/c1-16-11-12-22-27(17(16)2)33-30(38)31(22)26-25(24(34-31)13-18-15-32-23-10-5-4-9-21(18)23)28(36)35(29(26)37)19-7-6-8-20(14-19)39-3/h4-12,14-15,24-26,32,34H,13H2,1-3H3,(H,33,38)/t24?,25-,26+,31?/m1/s1. The number of hydrogen-bond acceptors (Lipinski definition) is 5. The number of nitrogens with one attached hydrogen (secondary N) is 3. The summed E-state index contributed by atoms with van der Waals surface area (Å²) in [5.74, 6) is -2.06. The Morgan fingerprint density at radius 1 is 0.974 bits per heavy atom. The van der Waals surface area contributed by atoms with Gasteiger partial charge in [0.2, 0.25) is 17.7 Å².